The Morgan fingerprint density at radius 1 is 1.11 bits per heavy atom. The molecule has 3 aromatic rings. The number of hydrogen-bond acceptors (Lipinski definition) is 5. The molecule has 0 unspecified atom stereocenters. The lowest BCUT2D eigenvalue weighted by Crippen LogP contribution is -2.39. The third-order valence-electron chi connectivity index (χ3n) is 6.56. The summed E-state index contributed by atoms with van der Waals surface area (Å²) < 4.78 is 13.3. The third-order valence-corrected chi connectivity index (χ3v) is 8.48. The fourth-order valence-electron chi connectivity index (χ4n) is 4.82. The number of benzene rings is 3. The summed E-state index contributed by atoms with van der Waals surface area (Å²) in [6.07, 6.45) is 7.51. The number of rotatable bonds is 6. The molecule has 0 aromatic heterocycles. The van der Waals surface area contributed by atoms with Gasteiger partial charge in [0.05, 0.1) is 16.5 Å². The molecule has 1 amide bonds. The molecule has 0 spiro atoms. The Hall–Kier alpha value is -2.35. The number of hydrogen-bond donors (Lipinski definition) is 0. The van der Waals surface area contributed by atoms with Crippen LogP contribution in [0.3, 0.4) is 0 Å². The van der Waals surface area contributed by atoms with E-state index in [1.807, 2.05) is 41.3 Å². The van der Waals surface area contributed by atoms with Gasteiger partial charge < -0.3 is 9.47 Å². The van der Waals surface area contributed by atoms with Gasteiger partial charge in [-0.1, -0.05) is 85.7 Å². The minimum Gasteiger partial charge on any atom is -0.493 e. The molecule has 2 fully saturated rings. The molecule has 3 aromatic carbocycles. The summed E-state index contributed by atoms with van der Waals surface area (Å²) >= 11 is 10.6. The van der Waals surface area contributed by atoms with Crippen LogP contribution >= 0.6 is 39.9 Å². The summed E-state index contributed by atoms with van der Waals surface area (Å²) in [5.41, 5.74) is 1.96. The molecule has 2 aliphatic rings. The molecule has 5 rings (SSSR count). The minimum atomic E-state index is 0.0123. The molecule has 0 radical (unpaired) electrons. The number of thiocarbonyl (C=S) groups is 1. The van der Waals surface area contributed by atoms with Crippen LogP contribution in [0.15, 0.2) is 64.0 Å². The number of nitrogens with zero attached hydrogens (tertiary/aromatic N) is 1. The maximum absolute atomic E-state index is 13.2. The van der Waals surface area contributed by atoms with Crippen molar-refractivity contribution in [3.63, 3.8) is 0 Å². The maximum atomic E-state index is 13.2. The Bertz CT molecular complexity index is 1310. The number of carbonyl (C=O) groups is 1. The van der Waals surface area contributed by atoms with E-state index < -0.39 is 0 Å². The van der Waals surface area contributed by atoms with Crippen molar-refractivity contribution < 1.29 is 14.3 Å². The van der Waals surface area contributed by atoms with Crippen LogP contribution in [0.25, 0.3) is 16.8 Å². The zero-order valence-corrected chi connectivity index (χ0v) is 22.7. The molecule has 180 valence electrons. The number of amides is 1. The van der Waals surface area contributed by atoms with Gasteiger partial charge in [-0.3, -0.25) is 9.69 Å². The summed E-state index contributed by atoms with van der Waals surface area (Å²) in [4.78, 5) is 15.7. The standard InChI is InChI=1S/C28H26BrNO3S2/c1-32-24-15-18(16-25-27(31)30(28(34)35-25)21-11-3-2-4-12-21)14-23(29)26(24)33-17-20-10-7-9-19-8-5-6-13-22(19)20/h5-10,13-16,21H,2-4,11-12,17H2,1H3/b25-16-. The number of fused-ring (bicyclic) bond motifs is 1. The Morgan fingerprint density at radius 3 is 2.69 bits per heavy atom. The van der Waals surface area contributed by atoms with Crippen LogP contribution in [-0.2, 0) is 11.4 Å². The van der Waals surface area contributed by atoms with Gasteiger partial charge in [-0.25, -0.2) is 0 Å². The number of thioether (sulfide) groups is 1. The van der Waals surface area contributed by atoms with Crippen LogP contribution in [0.1, 0.15) is 43.2 Å². The normalized spacial score (nSPS) is 18.0. The number of methoxy groups -OCH3 is 1. The summed E-state index contributed by atoms with van der Waals surface area (Å²) in [6.45, 7) is 0.412. The van der Waals surface area contributed by atoms with Crippen LogP contribution in [-0.4, -0.2) is 28.3 Å². The van der Waals surface area contributed by atoms with Gasteiger partial charge in [0.25, 0.3) is 5.91 Å². The van der Waals surface area contributed by atoms with Gasteiger partial charge in [0.15, 0.2) is 11.5 Å². The quantitative estimate of drug-likeness (QED) is 0.225. The number of carbonyl (C=O) groups excluding carboxylic acids is 1. The molecule has 0 atom stereocenters. The van der Waals surface area contributed by atoms with Crippen LogP contribution in [0.2, 0.25) is 0 Å². The SMILES string of the molecule is COc1cc(/C=C2\SC(=S)N(C3CCCCC3)C2=O)cc(Br)c1OCc1cccc2ccccc12. The minimum absolute atomic E-state index is 0.0123. The van der Waals surface area contributed by atoms with Gasteiger partial charge in [0, 0.05) is 6.04 Å². The van der Waals surface area contributed by atoms with E-state index in [0.29, 0.717) is 27.3 Å². The molecule has 7 heteroatoms. The van der Waals surface area contributed by atoms with Crippen molar-refractivity contribution in [1.82, 2.24) is 4.90 Å². The van der Waals surface area contributed by atoms with Gasteiger partial charge in [0.1, 0.15) is 10.9 Å². The van der Waals surface area contributed by atoms with Crippen molar-refractivity contribution in [1.29, 1.82) is 0 Å². The Labute approximate surface area is 223 Å². The van der Waals surface area contributed by atoms with Crippen LogP contribution in [0, 0.1) is 0 Å². The highest BCUT2D eigenvalue weighted by Gasteiger charge is 2.37. The molecule has 1 aliphatic carbocycles. The largest absolute Gasteiger partial charge is 0.493 e. The molecule has 1 saturated carbocycles. The van der Waals surface area contributed by atoms with Crippen molar-refractivity contribution in [2.75, 3.05) is 7.11 Å². The number of ether oxygens (including phenoxy) is 2. The van der Waals surface area contributed by atoms with E-state index in [1.165, 1.54) is 29.0 Å². The monoisotopic (exact) mass is 567 g/mol. The molecule has 1 aliphatic heterocycles. The number of halogens is 1. The van der Waals surface area contributed by atoms with Gasteiger partial charge in [-0.05, 0) is 68.9 Å². The van der Waals surface area contributed by atoms with E-state index in [4.69, 9.17) is 21.7 Å². The van der Waals surface area contributed by atoms with E-state index in [-0.39, 0.29) is 11.9 Å². The first-order valence-electron chi connectivity index (χ1n) is 11.8. The zero-order chi connectivity index (χ0) is 24.4. The molecule has 0 bridgehead atoms. The first-order chi connectivity index (χ1) is 17.0. The van der Waals surface area contributed by atoms with Crippen molar-refractivity contribution in [3.8, 4) is 11.5 Å². The lowest BCUT2D eigenvalue weighted by Gasteiger charge is -2.29. The predicted octanol–water partition coefficient (Wildman–Crippen LogP) is 7.72. The lowest BCUT2D eigenvalue weighted by molar-refractivity contribution is -0.124. The van der Waals surface area contributed by atoms with Gasteiger partial charge in [-0.2, -0.15) is 0 Å². The fraction of sp³-hybridized carbons (Fsp3) is 0.286. The van der Waals surface area contributed by atoms with Gasteiger partial charge >= 0.3 is 0 Å². The molecular weight excluding hydrogens is 542 g/mol. The van der Waals surface area contributed by atoms with Crippen LogP contribution in [0.4, 0.5) is 0 Å². The highest BCUT2D eigenvalue weighted by Crippen LogP contribution is 2.41. The summed E-state index contributed by atoms with van der Waals surface area (Å²) in [5.74, 6) is 1.25. The predicted molar refractivity (Wildman–Crippen MR) is 151 cm³/mol. The summed E-state index contributed by atoms with van der Waals surface area (Å²) in [6, 6.07) is 18.6. The molecule has 1 saturated heterocycles. The molecule has 35 heavy (non-hydrogen) atoms. The van der Waals surface area contributed by atoms with E-state index in [1.54, 1.807) is 7.11 Å². The fourth-order valence-corrected chi connectivity index (χ4v) is 6.79. The topological polar surface area (TPSA) is 38.8 Å². The summed E-state index contributed by atoms with van der Waals surface area (Å²) in [7, 11) is 1.62. The van der Waals surface area contributed by atoms with E-state index >= 15 is 0 Å². The highest BCUT2D eigenvalue weighted by molar-refractivity contribution is 9.10. The van der Waals surface area contributed by atoms with Crippen molar-refractivity contribution >= 4 is 67.0 Å². The average Bonchev–Trinajstić information content (AvgIpc) is 3.15. The smallest absolute Gasteiger partial charge is 0.266 e. The Kier molecular flexibility index (Phi) is 7.46. The first kappa shape index (κ1) is 24.3. The van der Waals surface area contributed by atoms with E-state index in [2.05, 4.69) is 40.2 Å². The summed E-state index contributed by atoms with van der Waals surface area (Å²) in [5, 5.41) is 2.35. The molecule has 4 nitrogen and oxygen atoms in total. The molecule has 0 N–H and O–H groups in total. The van der Waals surface area contributed by atoms with E-state index in [9.17, 15) is 4.79 Å². The van der Waals surface area contributed by atoms with E-state index in [0.717, 1.165) is 41.3 Å². The Morgan fingerprint density at radius 2 is 1.89 bits per heavy atom. The molecule has 1 heterocycles. The van der Waals surface area contributed by atoms with Gasteiger partial charge in [-0.15, -0.1) is 0 Å². The lowest BCUT2D eigenvalue weighted by atomic mass is 9.94. The highest BCUT2D eigenvalue weighted by atomic mass is 79.9. The van der Waals surface area contributed by atoms with Crippen molar-refractivity contribution in [3.05, 3.63) is 75.1 Å². The average molecular weight is 569 g/mol. The van der Waals surface area contributed by atoms with Crippen molar-refractivity contribution in [2.45, 2.75) is 44.8 Å². The second kappa shape index (κ2) is 10.7. The molecular formula is C28H26BrNO3S2. The van der Waals surface area contributed by atoms with Crippen LogP contribution < -0.4 is 9.47 Å². The Balaban J connectivity index is 1.37. The second-order valence-corrected chi connectivity index (χ2v) is 11.3. The zero-order valence-electron chi connectivity index (χ0n) is 19.5. The third kappa shape index (κ3) is 5.13. The van der Waals surface area contributed by atoms with Crippen LogP contribution in [0.5, 0.6) is 11.5 Å². The first-order valence-corrected chi connectivity index (χ1v) is 13.8. The van der Waals surface area contributed by atoms with Gasteiger partial charge in [0.2, 0.25) is 0 Å². The second-order valence-electron chi connectivity index (χ2n) is 8.80. The van der Waals surface area contributed by atoms with Crippen molar-refractivity contribution in [2.24, 2.45) is 0 Å². The maximum Gasteiger partial charge on any atom is 0.266 e.